The number of anilines is 1. The highest BCUT2D eigenvalue weighted by atomic mass is 32.2. The van der Waals surface area contributed by atoms with E-state index in [0.717, 1.165) is 18.4 Å². The smallest absolute Gasteiger partial charge is 0.337 e. The summed E-state index contributed by atoms with van der Waals surface area (Å²) in [6.45, 7) is 0.380. The first-order valence-electron chi connectivity index (χ1n) is 7.86. The molecule has 7 heteroatoms. The van der Waals surface area contributed by atoms with Gasteiger partial charge in [-0.3, -0.25) is 4.31 Å². The van der Waals surface area contributed by atoms with Crippen molar-refractivity contribution in [3.63, 3.8) is 0 Å². The van der Waals surface area contributed by atoms with Crippen LogP contribution in [0.1, 0.15) is 22.3 Å². The predicted molar refractivity (Wildman–Crippen MR) is 93.6 cm³/mol. The number of carbonyl (C=O) groups excluding carboxylic acids is 1. The number of carbonyl (C=O) groups is 1. The van der Waals surface area contributed by atoms with E-state index in [1.165, 1.54) is 36.7 Å². The highest BCUT2D eigenvalue weighted by Crippen LogP contribution is 2.35. The molecule has 6 nitrogen and oxygen atoms in total. The molecule has 0 saturated heterocycles. The van der Waals surface area contributed by atoms with Crippen molar-refractivity contribution in [1.82, 2.24) is 0 Å². The normalized spacial score (nSPS) is 13.9. The molecule has 0 N–H and O–H groups in total. The van der Waals surface area contributed by atoms with Gasteiger partial charge in [-0.2, -0.15) is 0 Å². The fourth-order valence-electron chi connectivity index (χ4n) is 2.99. The molecule has 0 atom stereocenters. The van der Waals surface area contributed by atoms with Crippen molar-refractivity contribution in [2.24, 2.45) is 0 Å². The Bertz CT molecular complexity index is 907. The van der Waals surface area contributed by atoms with Crippen LogP contribution in [-0.2, 0) is 21.2 Å². The highest BCUT2D eigenvalue weighted by molar-refractivity contribution is 7.93. The van der Waals surface area contributed by atoms with Gasteiger partial charge in [-0.1, -0.05) is 18.2 Å². The SMILES string of the molecule is COC(=O)c1ccc(OC)c(S(=O)(=O)N2CCCc3ccccc32)c1. The summed E-state index contributed by atoms with van der Waals surface area (Å²) in [4.78, 5) is 11.7. The number of rotatable bonds is 4. The molecular formula is C18H19NO5S. The minimum atomic E-state index is -3.88. The van der Waals surface area contributed by atoms with Crippen LogP contribution in [0.5, 0.6) is 5.75 Å². The third-order valence-corrected chi connectivity index (χ3v) is 6.05. The number of benzene rings is 2. The fourth-order valence-corrected chi connectivity index (χ4v) is 4.72. The zero-order valence-electron chi connectivity index (χ0n) is 14.1. The largest absolute Gasteiger partial charge is 0.495 e. The Morgan fingerprint density at radius 1 is 1.12 bits per heavy atom. The molecule has 0 saturated carbocycles. The van der Waals surface area contributed by atoms with Crippen molar-refractivity contribution in [2.75, 3.05) is 25.1 Å². The van der Waals surface area contributed by atoms with Gasteiger partial charge >= 0.3 is 5.97 Å². The quantitative estimate of drug-likeness (QED) is 0.783. The number of methoxy groups -OCH3 is 2. The van der Waals surface area contributed by atoms with Crippen LogP contribution in [0, 0.1) is 0 Å². The molecule has 1 aliphatic heterocycles. The van der Waals surface area contributed by atoms with Gasteiger partial charge in [0.15, 0.2) is 0 Å². The van der Waals surface area contributed by atoms with Gasteiger partial charge in [0, 0.05) is 6.54 Å². The second-order valence-corrected chi connectivity index (χ2v) is 7.50. The Balaban J connectivity index is 2.14. The van der Waals surface area contributed by atoms with Gasteiger partial charge in [-0.15, -0.1) is 0 Å². The molecule has 0 unspecified atom stereocenters. The Morgan fingerprint density at radius 3 is 2.60 bits per heavy atom. The standard InChI is InChI=1S/C18H19NO5S/c1-23-16-10-9-14(18(20)24-2)12-17(16)25(21,22)19-11-5-7-13-6-3-4-8-15(13)19/h3-4,6,8-10,12H,5,7,11H2,1-2H3. The van der Waals surface area contributed by atoms with E-state index in [1.54, 1.807) is 6.07 Å². The van der Waals surface area contributed by atoms with Crippen LogP contribution in [0.25, 0.3) is 0 Å². The molecule has 2 aromatic rings. The number of esters is 1. The molecule has 0 bridgehead atoms. The van der Waals surface area contributed by atoms with Gasteiger partial charge < -0.3 is 9.47 Å². The molecule has 25 heavy (non-hydrogen) atoms. The van der Waals surface area contributed by atoms with Crippen LogP contribution in [0.4, 0.5) is 5.69 Å². The van der Waals surface area contributed by atoms with Gasteiger partial charge in [0.25, 0.3) is 10.0 Å². The van der Waals surface area contributed by atoms with Crippen molar-refractivity contribution in [1.29, 1.82) is 0 Å². The maximum Gasteiger partial charge on any atom is 0.337 e. The summed E-state index contributed by atoms with van der Waals surface area (Å²) < 4.78 is 37.9. The first-order valence-corrected chi connectivity index (χ1v) is 9.30. The maximum absolute atomic E-state index is 13.3. The summed E-state index contributed by atoms with van der Waals surface area (Å²) in [6, 6.07) is 11.7. The van der Waals surface area contributed by atoms with E-state index < -0.39 is 16.0 Å². The van der Waals surface area contributed by atoms with Gasteiger partial charge in [-0.05, 0) is 42.7 Å². The van der Waals surface area contributed by atoms with Crippen molar-refractivity contribution >= 4 is 21.7 Å². The van der Waals surface area contributed by atoms with Crippen LogP contribution in [-0.4, -0.2) is 35.2 Å². The zero-order valence-corrected chi connectivity index (χ0v) is 14.9. The zero-order chi connectivity index (χ0) is 18.0. The van der Waals surface area contributed by atoms with E-state index >= 15 is 0 Å². The topological polar surface area (TPSA) is 72.9 Å². The number of hydrogen-bond acceptors (Lipinski definition) is 5. The summed E-state index contributed by atoms with van der Waals surface area (Å²) in [5.74, 6) is -0.408. The summed E-state index contributed by atoms with van der Waals surface area (Å²) in [5, 5.41) is 0. The van der Waals surface area contributed by atoms with Crippen LogP contribution in [0.15, 0.2) is 47.4 Å². The number of sulfonamides is 1. The number of ether oxygens (including phenoxy) is 2. The number of aryl methyl sites for hydroxylation is 1. The molecule has 0 radical (unpaired) electrons. The summed E-state index contributed by atoms with van der Waals surface area (Å²) >= 11 is 0. The maximum atomic E-state index is 13.3. The molecule has 0 aliphatic carbocycles. The molecular weight excluding hydrogens is 342 g/mol. The molecule has 0 amide bonds. The number of para-hydroxylation sites is 1. The van der Waals surface area contributed by atoms with Crippen molar-refractivity contribution < 1.29 is 22.7 Å². The fraction of sp³-hybridized carbons (Fsp3) is 0.278. The lowest BCUT2D eigenvalue weighted by Crippen LogP contribution is -2.35. The molecule has 132 valence electrons. The van der Waals surface area contributed by atoms with Crippen LogP contribution >= 0.6 is 0 Å². The molecule has 0 aromatic heterocycles. The van der Waals surface area contributed by atoms with E-state index in [-0.39, 0.29) is 16.2 Å². The second kappa shape index (κ2) is 6.76. The second-order valence-electron chi connectivity index (χ2n) is 5.67. The average Bonchev–Trinajstić information content (AvgIpc) is 2.66. The molecule has 0 fully saturated rings. The van der Waals surface area contributed by atoms with E-state index in [4.69, 9.17) is 9.47 Å². The van der Waals surface area contributed by atoms with Crippen molar-refractivity contribution in [3.8, 4) is 5.75 Å². The molecule has 1 heterocycles. The van der Waals surface area contributed by atoms with Gasteiger partial charge in [0.2, 0.25) is 0 Å². The third kappa shape index (κ3) is 3.07. The molecule has 0 spiro atoms. The lowest BCUT2D eigenvalue weighted by atomic mass is 10.0. The Hall–Kier alpha value is -2.54. The minimum Gasteiger partial charge on any atom is -0.495 e. The minimum absolute atomic E-state index is 0.0467. The van der Waals surface area contributed by atoms with E-state index in [1.807, 2.05) is 18.2 Å². The number of hydrogen-bond donors (Lipinski definition) is 0. The summed E-state index contributed by atoms with van der Waals surface area (Å²) in [7, 11) is -1.23. The van der Waals surface area contributed by atoms with Crippen molar-refractivity contribution in [2.45, 2.75) is 17.7 Å². The van der Waals surface area contributed by atoms with Gasteiger partial charge in [0.1, 0.15) is 10.6 Å². The third-order valence-electron chi connectivity index (χ3n) is 4.22. The lowest BCUT2D eigenvalue weighted by Gasteiger charge is -2.30. The number of nitrogens with zero attached hydrogens (tertiary/aromatic N) is 1. The predicted octanol–water partition coefficient (Wildman–Crippen LogP) is 2.62. The van der Waals surface area contributed by atoms with Crippen LogP contribution in [0.2, 0.25) is 0 Å². The number of fused-ring (bicyclic) bond motifs is 1. The Labute approximate surface area is 147 Å². The molecule has 1 aliphatic rings. The summed E-state index contributed by atoms with van der Waals surface area (Å²) in [5.41, 5.74) is 1.81. The lowest BCUT2D eigenvalue weighted by molar-refractivity contribution is 0.0600. The average molecular weight is 361 g/mol. The van der Waals surface area contributed by atoms with E-state index in [9.17, 15) is 13.2 Å². The van der Waals surface area contributed by atoms with Crippen LogP contribution < -0.4 is 9.04 Å². The van der Waals surface area contributed by atoms with Gasteiger partial charge in [0.05, 0.1) is 25.5 Å². The van der Waals surface area contributed by atoms with E-state index in [2.05, 4.69) is 0 Å². The monoisotopic (exact) mass is 361 g/mol. The highest BCUT2D eigenvalue weighted by Gasteiger charge is 2.32. The van der Waals surface area contributed by atoms with Crippen molar-refractivity contribution in [3.05, 3.63) is 53.6 Å². The summed E-state index contributed by atoms with van der Waals surface area (Å²) in [6.07, 6.45) is 1.57. The van der Waals surface area contributed by atoms with Gasteiger partial charge in [-0.25, -0.2) is 13.2 Å². The molecule has 2 aromatic carbocycles. The Morgan fingerprint density at radius 2 is 1.88 bits per heavy atom. The Kier molecular flexibility index (Phi) is 4.67. The first kappa shape index (κ1) is 17.3. The van der Waals surface area contributed by atoms with Crippen LogP contribution in [0.3, 0.4) is 0 Å². The van der Waals surface area contributed by atoms with E-state index in [0.29, 0.717) is 12.2 Å². The molecule has 3 rings (SSSR count). The first-order chi connectivity index (χ1) is 12.0.